The van der Waals surface area contributed by atoms with E-state index >= 15 is 0 Å². The Kier molecular flexibility index (Phi) is 2.30. The third kappa shape index (κ3) is 1.72. The highest BCUT2D eigenvalue weighted by molar-refractivity contribution is 5.76. The normalized spacial score (nSPS) is 26.6. The van der Waals surface area contributed by atoms with Gasteiger partial charge in [0.2, 0.25) is 0 Å². The van der Waals surface area contributed by atoms with Gasteiger partial charge in [-0.1, -0.05) is 6.92 Å². The van der Waals surface area contributed by atoms with Crippen LogP contribution in [0, 0.1) is 11.3 Å². The Balaban J connectivity index is 2.39. The summed E-state index contributed by atoms with van der Waals surface area (Å²) in [7, 11) is 0. The van der Waals surface area contributed by atoms with E-state index in [1.807, 2.05) is 6.92 Å². The summed E-state index contributed by atoms with van der Waals surface area (Å²) in [6.45, 7) is 6.32. The van der Waals surface area contributed by atoms with Gasteiger partial charge in [0.15, 0.2) is 0 Å². The molecule has 58 valence electrons. The van der Waals surface area contributed by atoms with Crippen molar-refractivity contribution in [2.45, 2.75) is 26.7 Å². The smallest absolute Gasteiger partial charge is 0.0925 e. The predicted octanol–water partition coefficient (Wildman–Crippen LogP) is 1.72. The summed E-state index contributed by atoms with van der Waals surface area (Å²) >= 11 is 0. The molecule has 0 spiro atoms. The zero-order valence-electron chi connectivity index (χ0n) is 6.85. The van der Waals surface area contributed by atoms with Crippen molar-refractivity contribution in [3.05, 3.63) is 0 Å². The zero-order valence-corrected chi connectivity index (χ0v) is 6.85. The lowest BCUT2D eigenvalue weighted by Gasteiger charge is -2.31. The second-order valence-electron chi connectivity index (χ2n) is 3.28. The Hall–Kier alpha value is -0.530. The van der Waals surface area contributed by atoms with E-state index in [1.54, 1.807) is 0 Å². The van der Waals surface area contributed by atoms with Gasteiger partial charge in [-0.25, -0.2) is 0 Å². The average Bonchev–Trinajstić information content (AvgIpc) is 1.88. The molecule has 1 saturated heterocycles. The molecule has 2 heteroatoms. The quantitative estimate of drug-likeness (QED) is 0.402. The van der Waals surface area contributed by atoms with Crippen molar-refractivity contribution in [2.24, 2.45) is 5.92 Å². The fourth-order valence-corrected chi connectivity index (χ4v) is 1.49. The van der Waals surface area contributed by atoms with Crippen molar-refractivity contribution >= 4 is 5.84 Å². The van der Waals surface area contributed by atoms with Gasteiger partial charge in [0.05, 0.1) is 5.84 Å². The molecule has 1 aliphatic heterocycles. The van der Waals surface area contributed by atoms with Crippen molar-refractivity contribution in [3.8, 4) is 0 Å². The molecule has 0 aromatic carbocycles. The van der Waals surface area contributed by atoms with Gasteiger partial charge in [-0.3, -0.25) is 5.41 Å². The van der Waals surface area contributed by atoms with Crippen LogP contribution in [0.5, 0.6) is 0 Å². The van der Waals surface area contributed by atoms with E-state index in [0.29, 0.717) is 0 Å². The van der Waals surface area contributed by atoms with E-state index in [9.17, 15) is 0 Å². The molecule has 1 rings (SSSR count). The second-order valence-corrected chi connectivity index (χ2v) is 3.28. The van der Waals surface area contributed by atoms with Crippen LogP contribution < -0.4 is 0 Å². The maximum atomic E-state index is 7.40. The molecule has 1 N–H and O–H groups in total. The summed E-state index contributed by atoms with van der Waals surface area (Å²) in [5.41, 5.74) is 0. The summed E-state index contributed by atoms with van der Waals surface area (Å²) in [4.78, 5) is 2.16. The topological polar surface area (TPSA) is 27.1 Å². The van der Waals surface area contributed by atoms with Crippen molar-refractivity contribution in [3.63, 3.8) is 0 Å². The van der Waals surface area contributed by atoms with Crippen LogP contribution in [0.4, 0.5) is 0 Å². The third-order valence-electron chi connectivity index (χ3n) is 2.13. The SMILES string of the molecule is CC(=N)N1CCCC(C)C1. The van der Waals surface area contributed by atoms with Crippen LogP contribution in [0.3, 0.4) is 0 Å². The molecule has 0 aromatic heterocycles. The van der Waals surface area contributed by atoms with Crippen molar-refractivity contribution in [2.75, 3.05) is 13.1 Å². The lowest BCUT2D eigenvalue weighted by atomic mass is 10.0. The standard InChI is InChI=1S/C8H16N2/c1-7-4-3-5-10(6-7)8(2)9/h7,9H,3-6H2,1-2H3. The fraction of sp³-hybridized carbons (Fsp3) is 0.875. The number of likely N-dealkylation sites (tertiary alicyclic amines) is 1. The molecule has 2 nitrogen and oxygen atoms in total. The Morgan fingerprint density at radius 1 is 1.60 bits per heavy atom. The second kappa shape index (κ2) is 3.04. The van der Waals surface area contributed by atoms with Gasteiger partial charge in [0, 0.05) is 13.1 Å². The number of nitrogens with one attached hydrogen (secondary N) is 1. The summed E-state index contributed by atoms with van der Waals surface area (Å²) in [6, 6.07) is 0. The van der Waals surface area contributed by atoms with E-state index in [2.05, 4.69) is 11.8 Å². The van der Waals surface area contributed by atoms with Gasteiger partial charge < -0.3 is 4.90 Å². The molecule has 0 amide bonds. The molecule has 1 unspecified atom stereocenters. The maximum absolute atomic E-state index is 7.40. The van der Waals surface area contributed by atoms with Gasteiger partial charge in [0.25, 0.3) is 0 Å². The van der Waals surface area contributed by atoms with E-state index in [-0.39, 0.29) is 0 Å². The van der Waals surface area contributed by atoms with E-state index < -0.39 is 0 Å². The van der Waals surface area contributed by atoms with Crippen LogP contribution in [-0.2, 0) is 0 Å². The molecule has 1 fully saturated rings. The number of rotatable bonds is 0. The summed E-state index contributed by atoms with van der Waals surface area (Å²) < 4.78 is 0. The Morgan fingerprint density at radius 2 is 2.30 bits per heavy atom. The van der Waals surface area contributed by atoms with E-state index in [1.165, 1.54) is 12.8 Å². The third-order valence-corrected chi connectivity index (χ3v) is 2.13. The Labute approximate surface area is 62.7 Å². The summed E-state index contributed by atoms with van der Waals surface area (Å²) in [5, 5.41) is 7.40. The van der Waals surface area contributed by atoms with Crippen LogP contribution in [-0.4, -0.2) is 23.8 Å². The highest BCUT2D eigenvalue weighted by Crippen LogP contribution is 2.14. The first-order valence-electron chi connectivity index (χ1n) is 4.00. The number of hydrogen-bond acceptors (Lipinski definition) is 1. The highest BCUT2D eigenvalue weighted by Gasteiger charge is 2.15. The predicted molar refractivity (Wildman–Crippen MR) is 43.4 cm³/mol. The number of amidine groups is 1. The molecule has 1 atom stereocenters. The minimum Gasteiger partial charge on any atom is -0.361 e. The van der Waals surface area contributed by atoms with Crippen molar-refractivity contribution < 1.29 is 0 Å². The first kappa shape index (κ1) is 7.58. The molecular formula is C8H16N2. The fourth-order valence-electron chi connectivity index (χ4n) is 1.49. The molecule has 0 saturated carbocycles. The molecular weight excluding hydrogens is 124 g/mol. The van der Waals surface area contributed by atoms with E-state index in [4.69, 9.17) is 5.41 Å². The zero-order chi connectivity index (χ0) is 7.56. The van der Waals surface area contributed by atoms with Crippen LogP contribution in [0.15, 0.2) is 0 Å². The van der Waals surface area contributed by atoms with Crippen LogP contribution in [0.1, 0.15) is 26.7 Å². The largest absolute Gasteiger partial charge is 0.361 e. The number of piperidine rings is 1. The Morgan fingerprint density at radius 3 is 2.70 bits per heavy atom. The number of nitrogens with zero attached hydrogens (tertiary/aromatic N) is 1. The van der Waals surface area contributed by atoms with Gasteiger partial charge in [-0.15, -0.1) is 0 Å². The molecule has 10 heavy (non-hydrogen) atoms. The van der Waals surface area contributed by atoms with E-state index in [0.717, 1.165) is 24.8 Å². The molecule has 0 bridgehead atoms. The van der Waals surface area contributed by atoms with Gasteiger partial charge in [-0.2, -0.15) is 0 Å². The molecule has 0 radical (unpaired) electrons. The molecule has 0 aliphatic carbocycles. The molecule has 0 aromatic rings. The molecule has 1 aliphatic rings. The first-order valence-corrected chi connectivity index (χ1v) is 4.00. The van der Waals surface area contributed by atoms with Crippen molar-refractivity contribution in [1.82, 2.24) is 4.90 Å². The van der Waals surface area contributed by atoms with Gasteiger partial charge in [-0.05, 0) is 25.7 Å². The summed E-state index contributed by atoms with van der Waals surface area (Å²) in [5.74, 6) is 1.51. The average molecular weight is 140 g/mol. The molecule has 1 heterocycles. The van der Waals surface area contributed by atoms with Gasteiger partial charge >= 0.3 is 0 Å². The lowest BCUT2D eigenvalue weighted by molar-refractivity contribution is 0.271. The van der Waals surface area contributed by atoms with Gasteiger partial charge in [0.1, 0.15) is 0 Å². The Bertz CT molecular complexity index is 131. The monoisotopic (exact) mass is 140 g/mol. The van der Waals surface area contributed by atoms with Crippen molar-refractivity contribution in [1.29, 1.82) is 5.41 Å². The minimum atomic E-state index is 0.728. The maximum Gasteiger partial charge on any atom is 0.0925 e. The highest BCUT2D eigenvalue weighted by atomic mass is 15.2. The first-order chi connectivity index (χ1) is 4.70. The van der Waals surface area contributed by atoms with Crippen LogP contribution >= 0.6 is 0 Å². The minimum absolute atomic E-state index is 0.728. The summed E-state index contributed by atoms with van der Waals surface area (Å²) in [6.07, 6.45) is 2.60. The number of hydrogen-bond donors (Lipinski definition) is 1. The van der Waals surface area contributed by atoms with Crippen LogP contribution in [0.25, 0.3) is 0 Å². The van der Waals surface area contributed by atoms with Crippen LogP contribution in [0.2, 0.25) is 0 Å². The lowest BCUT2D eigenvalue weighted by Crippen LogP contribution is -2.37.